The van der Waals surface area contributed by atoms with Crippen LogP contribution >= 0.6 is 0 Å². The molecule has 5 rings (SSSR count). The zero-order chi connectivity index (χ0) is 19.5. The third-order valence-electron chi connectivity index (χ3n) is 4.92. The van der Waals surface area contributed by atoms with E-state index in [-0.39, 0.29) is 0 Å². The van der Waals surface area contributed by atoms with E-state index in [0.717, 1.165) is 33.8 Å². The molecule has 29 heavy (non-hydrogen) atoms. The molecule has 0 saturated carbocycles. The van der Waals surface area contributed by atoms with E-state index >= 15 is 0 Å². The van der Waals surface area contributed by atoms with Gasteiger partial charge >= 0.3 is 0 Å². The lowest BCUT2D eigenvalue weighted by atomic mass is 10.1. The second-order valence-electron chi connectivity index (χ2n) is 6.76. The molecule has 0 spiro atoms. The fourth-order valence-corrected chi connectivity index (χ4v) is 3.46. The molecule has 4 aromatic rings. The Labute approximate surface area is 169 Å². The Hall–Kier alpha value is -3.92. The zero-order valence-electron chi connectivity index (χ0n) is 15.8. The highest BCUT2D eigenvalue weighted by molar-refractivity contribution is 6.03. The quantitative estimate of drug-likeness (QED) is 0.442. The zero-order valence-corrected chi connectivity index (χ0v) is 15.8. The summed E-state index contributed by atoms with van der Waals surface area (Å²) in [5.74, 6) is 0.641. The average molecular weight is 377 g/mol. The molecule has 0 amide bonds. The van der Waals surface area contributed by atoms with Crippen LogP contribution in [0.25, 0.3) is 11.1 Å². The molecule has 2 heterocycles. The van der Waals surface area contributed by atoms with Crippen LogP contribution in [0.4, 0.5) is 17.1 Å². The summed E-state index contributed by atoms with van der Waals surface area (Å²) in [6.45, 7) is 0.424. The van der Waals surface area contributed by atoms with Crippen molar-refractivity contribution in [3.8, 4) is 11.1 Å². The summed E-state index contributed by atoms with van der Waals surface area (Å²) in [5.41, 5.74) is 6.23. The number of hydrogen-bond acceptors (Lipinski definition) is 4. The van der Waals surface area contributed by atoms with Crippen LogP contribution in [0.1, 0.15) is 5.56 Å². The van der Waals surface area contributed by atoms with Crippen LogP contribution in [0.15, 0.2) is 108 Å². The smallest absolute Gasteiger partial charge is 0.225 e. The second kappa shape index (κ2) is 7.60. The van der Waals surface area contributed by atoms with Crippen molar-refractivity contribution in [1.29, 1.82) is 0 Å². The molecule has 0 radical (unpaired) electrons. The highest BCUT2D eigenvalue weighted by atomic mass is 16.5. The van der Waals surface area contributed by atoms with E-state index in [2.05, 4.69) is 40.2 Å². The Morgan fingerprint density at radius 3 is 2.34 bits per heavy atom. The first kappa shape index (κ1) is 17.2. The van der Waals surface area contributed by atoms with Gasteiger partial charge in [-0.3, -0.25) is 4.98 Å². The number of pyridine rings is 1. The van der Waals surface area contributed by atoms with Gasteiger partial charge in [-0.25, -0.2) is 4.99 Å². The lowest BCUT2D eigenvalue weighted by Crippen LogP contribution is -2.30. The van der Waals surface area contributed by atoms with Crippen molar-refractivity contribution in [3.63, 3.8) is 0 Å². The third-order valence-corrected chi connectivity index (χ3v) is 4.92. The first-order valence-corrected chi connectivity index (χ1v) is 9.52. The Morgan fingerprint density at radius 1 is 0.759 bits per heavy atom. The molecule has 1 aliphatic heterocycles. The molecule has 0 unspecified atom stereocenters. The van der Waals surface area contributed by atoms with Crippen LogP contribution in [0.5, 0.6) is 0 Å². The molecule has 0 fully saturated rings. The number of hydrogen-bond donors (Lipinski definition) is 0. The Kier molecular flexibility index (Phi) is 4.51. The van der Waals surface area contributed by atoms with Gasteiger partial charge < -0.3 is 9.64 Å². The van der Waals surface area contributed by atoms with Crippen molar-refractivity contribution in [2.75, 3.05) is 11.6 Å². The molecule has 0 atom stereocenters. The van der Waals surface area contributed by atoms with Crippen molar-refractivity contribution in [2.45, 2.75) is 0 Å². The minimum atomic E-state index is 0.424. The van der Waals surface area contributed by atoms with Crippen molar-refractivity contribution in [1.82, 2.24) is 4.98 Å². The van der Waals surface area contributed by atoms with Gasteiger partial charge in [0, 0.05) is 18.1 Å². The van der Waals surface area contributed by atoms with Crippen molar-refractivity contribution in [2.24, 2.45) is 4.99 Å². The maximum atomic E-state index is 6.06. The van der Waals surface area contributed by atoms with Crippen molar-refractivity contribution < 1.29 is 4.74 Å². The molecule has 1 aromatic heterocycles. The van der Waals surface area contributed by atoms with E-state index in [0.29, 0.717) is 12.6 Å². The van der Waals surface area contributed by atoms with Crippen LogP contribution in [0.3, 0.4) is 0 Å². The van der Waals surface area contributed by atoms with Crippen LogP contribution < -0.4 is 4.90 Å². The van der Waals surface area contributed by atoms with Gasteiger partial charge in [0.25, 0.3) is 0 Å². The normalized spacial score (nSPS) is 14.3. The van der Waals surface area contributed by atoms with Crippen molar-refractivity contribution in [3.05, 3.63) is 109 Å². The van der Waals surface area contributed by atoms with Gasteiger partial charge in [0.15, 0.2) is 6.73 Å². The summed E-state index contributed by atoms with van der Waals surface area (Å²) in [7, 11) is 0. The highest BCUT2D eigenvalue weighted by Crippen LogP contribution is 2.33. The Balaban J connectivity index is 1.47. The van der Waals surface area contributed by atoms with E-state index in [4.69, 9.17) is 9.73 Å². The van der Waals surface area contributed by atoms with E-state index in [9.17, 15) is 0 Å². The van der Waals surface area contributed by atoms with Gasteiger partial charge in [0.05, 0.1) is 16.9 Å². The maximum Gasteiger partial charge on any atom is 0.225 e. The van der Waals surface area contributed by atoms with Crippen LogP contribution in [0, 0.1) is 0 Å². The standard InChI is InChI=1S/C25H19N3O/c1-2-8-22(9-3-1)28-18-29-25(23-10-4-5-11-24(23)28)27-21-14-12-19(13-15-21)20-7-6-16-26-17-20/h1-17H,18H2. The summed E-state index contributed by atoms with van der Waals surface area (Å²) in [6, 6.07) is 30.6. The molecule has 140 valence electrons. The molecule has 4 nitrogen and oxygen atoms in total. The highest BCUT2D eigenvalue weighted by Gasteiger charge is 2.23. The van der Waals surface area contributed by atoms with Crippen LogP contribution in [-0.2, 0) is 4.74 Å². The van der Waals surface area contributed by atoms with Crippen LogP contribution in [-0.4, -0.2) is 17.6 Å². The summed E-state index contributed by atoms with van der Waals surface area (Å²) in [4.78, 5) is 11.1. The largest absolute Gasteiger partial charge is 0.455 e. The topological polar surface area (TPSA) is 37.7 Å². The van der Waals surface area contributed by atoms with Crippen molar-refractivity contribution >= 4 is 23.0 Å². The van der Waals surface area contributed by atoms with E-state index < -0.39 is 0 Å². The molecular formula is C25H19N3O. The average Bonchev–Trinajstić information content (AvgIpc) is 2.81. The van der Waals surface area contributed by atoms with Crippen LogP contribution in [0.2, 0.25) is 0 Å². The number of ether oxygens (including phenoxy) is 1. The second-order valence-corrected chi connectivity index (χ2v) is 6.76. The lowest BCUT2D eigenvalue weighted by molar-refractivity contribution is 0.307. The lowest BCUT2D eigenvalue weighted by Gasteiger charge is -2.31. The molecular weight excluding hydrogens is 358 g/mol. The number of benzene rings is 3. The number of para-hydroxylation sites is 2. The first-order chi connectivity index (χ1) is 14.4. The van der Waals surface area contributed by atoms with Gasteiger partial charge in [-0.1, -0.05) is 48.5 Å². The molecule has 0 bridgehead atoms. The summed E-state index contributed by atoms with van der Waals surface area (Å²) in [5, 5.41) is 0. The monoisotopic (exact) mass is 377 g/mol. The fourth-order valence-electron chi connectivity index (χ4n) is 3.46. The first-order valence-electron chi connectivity index (χ1n) is 9.52. The molecule has 4 heteroatoms. The Morgan fingerprint density at radius 2 is 1.55 bits per heavy atom. The van der Waals surface area contributed by atoms with Gasteiger partial charge in [-0.2, -0.15) is 0 Å². The van der Waals surface area contributed by atoms with E-state index in [1.807, 2.05) is 66.9 Å². The summed E-state index contributed by atoms with van der Waals surface area (Å²) in [6.07, 6.45) is 3.64. The Bertz CT molecular complexity index is 1140. The SMILES string of the molecule is c1ccc(N2COC(=Nc3ccc(-c4cccnc4)cc3)c3ccccc32)cc1. The molecule has 0 saturated heterocycles. The van der Waals surface area contributed by atoms with E-state index in [1.54, 1.807) is 6.20 Å². The predicted molar refractivity (Wildman–Crippen MR) is 117 cm³/mol. The molecule has 0 N–H and O–H groups in total. The summed E-state index contributed by atoms with van der Waals surface area (Å²) >= 11 is 0. The maximum absolute atomic E-state index is 6.06. The number of nitrogens with zero attached hydrogens (tertiary/aromatic N) is 3. The van der Waals surface area contributed by atoms with Gasteiger partial charge in [-0.05, 0) is 53.6 Å². The third kappa shape index (κ3) is 3.48. The van der Waals surface area contributed by atoms with Gasteiger partial charge in [0.1, 0.15) is 0 Å². The number of anilines is 2. The van der Waals surface area contributed by atoms with Gasteiger partial charge in [0.2, 0.25) is 5.90 Å². The van der Waals surface area contributed by atoms with E-state index in [1.165, 1.54) is 0 Å². The van der Waals surface area contributed by atoms with Gasteiger partial charge in [-0.15, -0.1) is 0 Å². The minimum absolute atomic E-state index is 0.424. The molecule has 3 aromatic carbocycles. The number of fused-ring (bicyclic) bond motifs is 1. The fraction of sp³-hybridized carbons (Fsp3) is 0.0400. The molecule has 0 aliphatic carbocycles. The predicted octanol–water partition coefficient (Wildman–Crippen LogP) is 5.95. The number of aliphatic imine (C=N–C) groups is 1. The minimum Gasteiger partial charge on any atom is -0.455 e. The number of rotatable bonds is 3. The summed E-state index contributed by atoms with van der Waals surface area (Å²) < 4.78 is 6.06. The number of aromatic nitrogens is 1. The molecule has 1 aliphatic rings.